The largest absolute Gasteiger partial charge is 0.573 e. The first-order valence-electron chi connectivity index (χ1n) is 3.45. The van der Waals surface area contributed by atoms with Gasteiger partial charge in [0.1, 0.15) is 0 Å². The molecule has 0 aliphatic carbocycles. The Kier molecular flexibility index (Phi) is 5.19. The molecule has 0 heterocycles. The van der Waals surface area contributed by atoms with E-state index in [0.29, 0.717) is 0 Å². The highest BCUT2D eigenvalue weighted by molar-refractivity contribution is 9.10. The fourth-order valence-electron chi connectivity index (χ4n) is 0.842. The van der Waals surface area contributed by atoms with Crippen LogP contribution in [0.5, 0.6) is 5.75 Å². The van der Waals surface area contributed by atoms with Gasteiger partial charge in [0.15, 0.2) is 5.75 Å². The average molecular weight is 307 g/mol. The van der Waals surface area contributed by atoms with Crippen LogP contribution in [-0.4, -0.2) is 6.36 Å². The topological polar surface area (TPSA) is 47.3 Å². The van der Waals surface area contributed by atoms with Crippen molar-refractivity contribution in [2.45, 2.75) is 6.36 Å². The molecule has 0 saturated carbocycles. The number of anilines is 1. The molecule has 1 aromatic carbocycles. The summed E-state index contributed by atoms with van der Waals surface area (Å²) in [7, 11) is 0. The number of nitrogens with two attached hydrogens (primary N) is 1. The molecule has 0 aliphatic rings. The van der Waals surface area contributed by atoms with Crippen LogP contribution in [0.25, 0.3) is 0 Å². The molecule has 3 nitrogen and oxygen atoms in total. The predicted octanol–water partition coefficient (Wildman–Crippen LogP) is 3.06. The fourth-order valence-corrected chi connectivity index (χ4v) is 1.29. The van der Waals surface area contributed by atoms with Crippen molar-refractivity contribution in [3.8, 4) is 5.75 Å². The SMILES string of the molecule is Cl.NNc1cccc(Br)c1OC(F)(F)F. The summed E-state index contributed by atoms with van der Waals surface area (Å²) in [6.45, 7) is 0. The number of alkyl halides is 3. The second-order valence-corrected chi connectivity index (χ2v) is 3.16. The Bertz CT molecular complexity index is 335. The maximum Gasteiger partial charge on any atom is 0.573 e. The number of rotatable bonds is 2. The van der Waals surface area contributed by atoms with Gasteiger partial charge in [-0.25, -0.2) is 0 Å². The van der Waals surface area contributed by atoms with Gasteiger partial charge in [-0.05, 0) is 28.1 Å². The van der Waals surface area contributed by atoms with Gasteiger partial charge in [0, 0.05) is 0 Å². The Balaban J connectivity index is 0.00000196. The number of hydrazine groups is 1. The summed E-state index contributed by atoms with van der Waals surface area (Å²) in [5.41, 5.74) is 2.16. The molecule has 0 unspecified atom stereocenters. The average Bonchev–Trinajstić information content (AvgIpc) is 2.06. The van der Waals surface area contributed by atoms with E-state index in [2.05, 4.69) is 26.1 Å². The number of hydrogen-bond donors (Lipinski definition) is 2. The van der Waals surface area contributed by atoms with E-state index in [1.165, 1.54) is 18.2 Å². The van der Waals surface area contributed by atoms with Crippen molar-refractivity contribution in [1.29, 1.82) is 0 Å². The van der Waals surface area contributed by atoms with Gasteiger partial charge >= 0.3 is 6.36 Å². The lowest BCUT2D eigenvalue weighted by Crippen LogP contribution is -2.19. The molecule has 0 radical (unpaired) electrons. The summed E-state index contributed by atoms with van der Waals surface area (Å²) in [5, 5.41) is 0. The van der Waals surface area contributed by atoms with E-state index < -0.39 is 6.36 Å². The van der Waals surface area contributed by atoms with Crippen molar-refractivity contribution in [2.75, 3.05) is 5.43 Å². The lowest BCUT2D eigenvalue weighted by Gasteiger charge is -2.13. The van der Waals surface area contributed by atoms with E-state index in [-0.39, 0.29) is 28.3 Å². The molecule has 0 atom stereocenters. The van der Waals surface area contributed by atoms with E-state index in [1.807, 2.05) is 0 Å². The normalized spacial score (nSPS) is 10.5. The van der Waals surface area contributed by atoms with E-state index in [1.54, 1.807) is 0 Å². The van der Waals surface area contributed by atoms with Crippen molar-refractivity contribution in [2.24, 2.45) is 5.84 Å². The van der Waals surface area contributed by atoms with Crippen molar-refractivity contribution >= 4 is 34.0 Å². The maximum absolute atomic E-state index is 11.9. The Morgan fingerprint density at radius 3 is 2.40 bits per heavy atom. The van der Waals surface area contributed by atoms with Crippen molar-refractivity contribution < 1.29 is 17.9 Å². The molecule has 3 N–H and O–H groups in total. The molecule has 0 fully saturated rings. The van der Waals surface area contributed by atoms with Gasteiger partial charge in [0.05, 0.1) is 10.2 Å². The number of ether oxygens (including phenoxy) is 1. The van der Waals surface area contributed by atoms with Gasteiger partial charge in [-0.2, -0.15) is 0 Å². The number of hydrogen-bond acceptors (Lipinski definition) is 3. The van der Waals surface area contributed by atoms with Gasteiger partial charge < -0.3 is 10.2 Å². The molecule has 0 aromatic heterocycles. The van der Waals surface area contributed by atoms with Gasteiger partial charge in [0.25, 0.3) is 0 Å². The molecule has 1 aromatic rings. The lowest BCUT2D eigenvalue weighted by atomic mass is 10.3. The molecule has 0 bridgehead atoms. The molecule has 8 heteroatoms. The van der Waals surface area contributed by atoms with Crippen LogP contribution in [-0.2, 0) is 0 Å². The Morgan fingerprint density at radius 1 is 1.33 bits per heavy atom. The predicted molar refractivity (Wildman–Crippen MR) is 55.9 cm³/mol. The summed E-state index contributed by atoms with van der Waals surface area (Å²) >= 11 is 2.92. The van der Waals surface area contributed by atoms with Gasteiger partial charge in [0.2, 0.25) is 0 Å². The lowest BCUT2D eigenvalue weighted by molar-refractivity contribution is -0.274. The van der Waals surface area contributed by atoms with Crippen LogP contribution in [0.3, 0.4) is 0 Å². The minimum Gasteiger partial charge on any atom is -0.402 e. The highest BCUT2D eigenvalue weighted by Crippen LogP contribution is 2.36. The minimum atomic E-state index is -4.74. The molecule has 15 heavy (non-hydrogen) atoms. The molecule has 0 spiro atoms. The minimum absolute atomic E-state index is 0. The van der Waals surface area contributed by atoms with Crippen LogP contribution in [0, 0.1) is 0 Å². The van der Waals surface area contributed by atoms with Crippen LogP contribution in [0.4, 0.5) is 18.9 Å². The zero-order chi connectivity index (χ0) is 10.8. The van der Waals surface area contributed by atoms with Crippen molar-refractivity contribution in [3.63, 3.8) is 0 Å². The first kappa shape index (κ1) is 14.3. The van der Waals surface area contributed by atoms with E-state index in [9.17, 15) is 13.2 Å². The summed E-state index contributed by atoms with van der Waals surface area (Å²) in [5.74, 6) is 4.63. The standard InChI is InChI=1S/C7H6BrF3N2O.ClH/c8-4-2-1-3-5(13-12)6(4)14-7(9,10)11;/h1-3,13H,12H2;1H. The summed E-state index contributed by atoms with van der Waals surface area (Å²) in [6.07, 6.45) is -4.74. The summed E-state index contributed by atoms with van der Waals surface area (Å²) in [6, 6.07) is 4.32. The maximum atomic E-state index is 11.9. The van der Waals surface area contributed by atoms with Crippen LogP contribution in [0.1, 0.15) is 0 Å². The van der Waals surface area contributed by atoms with Gasteiger partial charge in [-0.15, -0.1) is 25.6 Å². The second-order valence-electron chi connectivity index (χ2n) is 2.31. The van der Waals surface area contributed by atoms with E-state index >= 15 is 0 Å². The molecular weight excluding hydrogens is 300 g/mol. The fraction of sp³-hybridized carbons (Fsp3) is 0.143. The number of halogens is 5. The number of nitrogens with one attached hydrogen (secondary N) is 1. The third kappa shape index (κ3) is 4.15. The smallest absolute Gasteiger partial charge is 0.402 e. The number of para-hydroxylation sites is 1. The highest BCUT2D eigenvalue weighted by Gasteiger charge is 2.33. The quantitative estimate of drug-likeness (QED) is 0.652. The Hall–Kier alpha value is -0.660. The molecule has 0 aliphatic heterocycles. The summed E-state index contributed by atoms with van der Waals surface area (Å²) in [4.78, 5) is 0. The zero-order valence-electron chi connectivity index (χ0n) is 7.14. The van der Waals surface area contributed by atoms with Crippen LogP contribution in [0.2, 0.25) is 0 Å². The number of benzene rings is 1. The van der Waals surface area contributed by atoms with Gasteiger partial charge in [-0.1, -0.05) is 6.07 Å². The van der Waals surface area contributed by atoms with Crippen LogP contribution >= 0.6 is 28.3 Å². The van der Waals surface area contributed by atoms with Crippen LogP contribution < -0.4 is 16.0 Å². The highest BCUT2D eigenvalue weighted by atomic mass is 79.9. The molecule has 1 rings (SSSR count). The van der Waals surface area contributed by atoms with Crippen LogP contribution in [0.15, 0.2) is 22.7 Å². The Morgan fingerprint density at radius 2 is 1.93 bits per heavy atom. The second kappa shape index (κ2) is 5.43. The molecular formula is C7H7BrClF3N2O. The van der Waals surface area contributed by atoms with E-state index in [0.717, 1.165) is 0 Å². The third-order valence-corrected chi connectivity index (χ3v) is 1.96. The van der Waals surface area contributed by atoms with E-state index in [4.69, 9.17) is 5.84 Å². The summed E-state index contributed by atoms with van der Waals surface area (Å²) < 4.78 is 39.7. The van der Waals surface area contributed by atoms with Gasteiger partial charge in [-0.3, -0.25) is 5.84 Å². The third-order valence-electron chi connectivity index (χ3n) is 1.34. The monoisotopic (exact) mass is 306 g/mol. The number of nitrogen functional groups attached to an aromatic ring is 1. The molecule has 0 saturated heterocycles. The zero-order valence-corrected chi connectivity index (χ0v) is 9.54. The first-order valence-corrected chi connectivity index (χ1v) is 4.24. The first-order chi connectivity index (χ1) is 6.44. The Labute approximate surface area is 98.3 Å². The molecule has 0 amide bonds. The molecule has 86 valence electrons. The van der Waals surface area contributed by atoms with Crippen molar-refractivity contribution in [3.05, 3.63) is 22.7 Å². The van der Waals surface area contributed by atoms with Crippen molar-refractivity contribution in [1.82, 2.24) is 0 Å².